The van der Waals surface area contributed by atoms with E-state index in [9.17, 15) is 4.79 Å². The molecule has 0 unspecified atom stereocenters. The Bertz CT molecular complexity index is 447. The van der Waals surface area contributed by atoms with Gasteiger partial charge >= 0.3 is 5.97 Å². The number of carboxylic acids is 1. The van der Waals surface area contributed by atoms with Crippen molar-refractivity contribution in [1.82, 2.24) is 4.90 Å². The quantitative estimate of drug-likeness (QED) is 0.885. The van der Waals surface area contributed by atoms with Gasteiger partial charge in [-0.2, -0.15) is 0 Å². The molecule has 0 bridgehead atoms. The van der Waals surface area contributed by atoms with Gasteiger partial charge in [0.1, 0.15) is 0 Å². The van der Waals surface area contributed by atoms with Crippen LogP contribution in [0.25, 0.3) is 0 Å². The molecule has 3 heteroatoms. The molecular formula is C16H25NO2. The fourth-order valence-corrected chi connectivity index (χ4v) is 2.06. The molecule has 1 aromatic rings. The van der Waals surface area contributed by atoms with Crippen molar-refractivity contribution in [3.8, 4) is 0 Å². The van der Waals surface area contributed by atoms with Gasteiger partial charge in [-0.25, -0.2) is 0 Å². The van der Waals surface area contributed by atoms with Crippen molar-refractivity contribution in [2.24, 2.45) is 0 Å². The molecule has 1 rings (SSSR count). The van der Waals surface area contributed by atoms with Gasteiger partial charge in [0.2, 0.25) is 0 Å². The molecule has 0 radical (unpaired) electrons. The average molecular weight is 263 g/mol. The van der Waals surface area contributed by atoms with E-state index in [1.807, 2.05) is 0 Å². The maximum Gasteiger partial charge on any atom is 0.304 e. The first-order valence-electron chi connectivity index (χ1n) is 6.73. The number of aryl methyl sites for hydroxylation is 2. The second kappa shape index (κ2) is 6.20. The number of carbonyl (C=O) groups is 1. The third kappa shape index (κ3) is 5.03. The van der Waals surface area contributed by atoms with Gasteiger partial charge in [0.15, 0.2) is 0 Å². The highest BCUT2D eigenvalue weighted by molar-refractivity contribution is 5.66. The van der Waals surface area contributed by atoms with Gasteiger partial charge < -0.3 is 5.11 Å². The summed E-state index contributed by atoms with van der Waals surface area (Å²) in [6.45, 7) is 11.9. The van der Waals surface area contributed by atoms with Crippen LogP contribution >= 0.6 is 0 Å². The maximum absolute atomic E-state index is 10.8. The van der Waals surface area contributed by atoms with E-state index in [0.717, 1.165) is 6.54 Å². The summed E-state index contributed by atoms with van der Waals surface area (Å²) >= 11 is 0. The first kappa shape index (κ1) is 15.7. The van der Waals surface area contributed by atoms with E-state index in [0.29, 0.717) is 6.54 Å². The van der Waals surface area contributed by atoms with Gasteiger partial charge in [-0.15, -0.1) is 0 Å². The first-order valence-corrected chi connectivity index (χ1v) is 6.73. The lowest BCUT2D eigenvalue weighted by Gasteiger charge is -2.35. The van der Waals surface area contributed by atoms with Gasteiger partial charge in [0.25, 0.3) is 0 Å². The van der Waals surface area contributed by atoms with Crippen molar-refractivity contribution in [3.05, 3.63) is 34.9 Å². The van der Waals surface area contributed by atoms with Crippen molar-refractivity contribution < 1.29 is 9.90 Å². The molecule has 0 saturated heterocycles. The lowest BCUT2D eigenvalue weighted by atomic mass is 10.0. The molecule has 106 valence electrons. The Morgan fingerprint density at radius 1 is 1.26 bits per heavy atom. The first-order chi connectivity index (χ1) is 8.70. The fourth-order valence-electron chi connectivity index (χ4n) is 2.06. The summed E-state index contributed by atoms with van der Waals surface area (Å²) in [5, 5.41) is 8.87. The zero-order valence-electron chi connectivity index (χ0n) is 12.7. The van der Waals surface area contributed by atoms with Crippen LogP contribution < -0.4 is 0 Å². The van der Waals surface area contributed by atoms with Crippen molar-refractivity contribution in [1.29, 1.82) is 0 Å². The van der Waals surface area contributed by atoms with E-state index in [1.165, 1.54) is 16.7 Å². The molecule has 0 aliphatic rings. The molecule has 0 aliphatic carbocycles. The number of benzene rings is 1. The van der Waals surface area contributed by atoms with E-state index >= 15 is 0 Å². The number of hydrogen-bond donors (Lipinski definition) is 1. The van der Waals surface area contributed by atoms with Gasteiger partial charge in [0, 0.05) is 18.6 Å². The molecular weight excluding hydrogens is 238 g/mol. The topological polar surface area (TPSA) is 40.5 Å². The summed E-state index contributed by atoms with van der Waals surface area (Å²) in [5.41, 5.74) is 3.74. The number of rotatable bonds is 5. The number of nitrogens with zero attached hydrogens (tertiary/aromatic N) is 1. The second-order valence-electron chi connectivity index (χ2n) is 6.17. The fraction of sp³-hybridized carbons (Fsp3) is 0.562. The second-order valence-corrected chi connectivity index (χ2v) is 6.17. The van der Waals surface area contributed by atoms with Gasteiger partial charge in [0.05, 0.1) is 6.42 Å². The Morgan fingerprint density at radius 3 is 2.42 bits per heavy atom. The van der Waals surface area contributed by atoms with Gasteiger partial charge in [-0.1, -0.05) is 23.8 Å². The van der Waals surface area contributed by atoms with E-state index < -0.39 is 5.97 Å². The molecule has 1 N–H and O–H groups in total. The Hall–Kier alpha value is -1.35. The summed E-state index contributed by atoms with van der Waals surface area (Å²) < 4.78 is 0. The highest BCUT2D eigenvalue weighted by Gasteiger charge is 2.22. The molecule has 0 amide bonds. The van der Waals surface area contributed by atoms with Gasteiger partial charge in [-0.3, -0.25) is 9.69 Å². The average Bonchev–Trinajstić information content (AvgIpc) is 2.26. The molecule has 0 heterocycles. The zero-order valence-corrected chi connectivity index (χ0v) is 12.7. The van der Waals surface area contributed by atoms with Crippen LogP contribution in [0.3, 0.4) is 0 Å². The summed E-state index contributed by atoms with van der Waals surface area (Å²) in [7, 11) is 0. The Balaban J connectivity index is 2.88. The smallest absolute Gasteiger partial charge is 0.304 e. The zero-order chi connectivity index (χ0) is 14.6. The van der Waals surface area contributed by atoms with Crippen LogP contribution in [-0.4, -0.2) is 28.1 Å². The lowest BCUT2D eigenvalue weighted by Crippen LogP contribution is -2.42. The lowest BCUT2D eigenvalue weighted by molar-refractivity contribution is -0.137. The van der Waals surface area contributed by atoms with E-state index in [2.05, 4.69) is 57.7 Å². The SMILES string of the molecule is Cc1ccc(C)c(CN(CCC(=O)O)C(C)(C)C)c1. The standard InChI is InChI=1S/C16H25NO2/c1-12-6-7-13(2)14(10-12)11-17(16(3,4)5)9-8-15(18)19/h6-7,10H,8-9,11H2,1-5H3,(H,18,19). The Morgan fingerprint density at radius 2 is 1.89 bits per heavy atom. The van der Waals surface area contributed by atoms with Crippen LogP contribution in [0.5, 0.6) is 0 Å². The normalized spacial score (nSPS) is 11.9. The van der Waals surface area contributed by atoms with Crippen LogP contribution in [0, 0.1) is 13.8 Å². The molecule has 0 atom stereocenters. The third-order valence-electron chi connectivity index (χ3n) is 3.41. The number of carboxylic acid groups (broad SMARTS) is 1. The van der Waals surface area contributed by atoms with Crippen molar-refractivity contribution in [3.63, 3.8) is 0 Å². The molecule has 0 aromatic heterocycles. The molecule has 0 saturated carbocycles. The number of hydrogen-bond acceptors (Lipinski definition) is 2. The predicted molar refractivity (Wildman–Crippen MR) is 78.3 cm³/mol. The highest BCUT2D eigenvalue weighted by Crippen LogP contribution is 2.20. The predicted octanol–water partition coefficient (Wildman–Crippen LogP) is 3.38. The Kier molecular flexibility index (Phi) is 5.12. The molecule has 3 nitrogen and oxygen atoms in total. The van der Waals surface area contributed by atoms with E-state index in [4.69, 9.17) is 5.11 Å². The highest BCUT2D eigenvalue weighted by atomic mass is 16.4. The monoisotopic (exact) mass is 263 g/mol. The minimum absolute atomic E-state index is 0.0361. The molecule has 0 fully saturated rings. The minimum Gasteiger partial charge on any atom is -0.481 e. The van der Waals surface area contributed by atoms with Crippen LogP contribution in [-0.2, 0) is 11.3 Å². The summed E-state index contributed by atoms with van der Waals surface area (Å²) in [4.78, 5) is 13.0. The van der Waals surface area contributed by atoms with Crippen LogP contribution in [0.2, 0.25) is 0 Å². The molecule has 0 aliphatic heterocycles. The molecule has 1 aromatic carbocycles. The van der Waals surface area contributed by atoms with Gasteiger partial charge in [-0.05, 0) is 45.7 Å². The largest absolute Gasteiger partial charge is 0.481 e. The van der Waals surface area contributed by atoms with Crippen LogP contribution in [0.15, 0.2) is 18.2 Å². The molecule has 0 spiro atoms. The van der Waals surface area contributed by atoms with Crippen molar-refractivity contribution in [2.75, 3.05) is 6.54 Å². The molecule has 19 heavy (non-hydrogen) atoms. The third-order valence-corrected chi connectivity index (χ3v) is 3.41. The Labute approximate surface area is 116 Å². The number of aliphatic carboxylic acids is 1. The summed E-state index contributed by atoms with van der Waals surface area (Å²) in [6.07, 6.45) is 0.183. The maximum atomic E-state index is 10.8. The summed E-state index contributed by atoms with van der Waals surface area (Å²) in [6, 6.07) is 6.43. The van der Waals surface area contributed by atoms with Crippen LogP contribution in [0.1, 0.15) is 43.9 Å². The van der Waals surface area contributed by atoms with E-state index in [-0.39, 0.29) is 12.0 Å². The summed E-state index contributed by atoms with van der Waals surface area (Å²) in [5.74, 6) is -0.741. The minimum atomic E-state index is -0.741. The van der Waals surface area contributed by atoms with Crippen molar-refractivity contribution >= 4 is 5.97 Å². The van der Waals surface area contributed by atoms with Crippen molar-refractivity contribution in [2.45, 2.75) is 53.1 Å². The van der Waals surface area contributed by atoms with E-state index in [1.54, 1.807) is 0 Å². The van der Waals surface area contributed by atoms with Crippen LogP contribution in [0.4, 0.5) is 0 Å².